The highest BCUT2D eigenvalue weighted by Gasteiger charge is 2.16. The third-order valence-electron chi connectivity index (χ3n) is 3.50. The molecule has 0 saturated heterocycles. The van der Waals surface area contributed by atoms with Crippen molar-refractivity contribution in [1.29, 1.82) is 0 Å². The van der Waals surface area contributed by atoms with Gasteiger partial charge in [-0.3, -0.25) is 0 Å². The van der Waals surface area contributed by atoms with E-state index in [4.69, 9.17) is 15.2 Å². The van der Waals surface area contributed by atoms with E-state index in [0.717, 1.165) is 30.8 Å². The van der Waals surface area contributed by atoms with Gasteiger partial charge in [0.05, 0.1) is 0 Å². The lowest BCUT2D eigenvalue weighted by atomic mass is 9.90. The van der Waals surface area contributed by atoms with Crippen molar-refractivity contribution in [3.8, 4) is 11.5 Å². The van der Waals surface area contributed by atoms with Crippen LogP contribution in [-0.2, 0) is 0 Å². The molecular formula is C15H23NO2. The zero-order valence-corrected chi connectivity index (χ0v) is 11.3. The highest BCUT2D eigenvalue weighted by molar-refractivity contribution is 5.44. The zero-order chi connectivity index (χ0) is 13.0. The third kappa shape index (κ3) is 3.16. The van der Waals surface area contributed by atoms with E-state index >= 15 is 0 Å². The van der Waals surface area contributed by atoms with Crippen LogP contribution in [0.3, 0.4) is 0 Å². The molecule has 1 aromatic rings. The number of fused-ring (bicyclic) bond motifs is 1. The Kier molecular flexibility index (Phi) is 4.48. The molecule has 100 valence electrons. The van der Waals surface area contributed by atoms with Crippen LogP contribution in [0.2, 0.25) is 0 Å². The van der Waals surface area contributed by atoms with Gasteiger partial charge in [-0.2, -0.15) is 0 Å². The summed E-state index contributed by atoms with van der Waals surface area (Å²) in [7, 11) is 0. The molecule has 1 aromatic carbocycles. The van der Waals surface area contributed by atoms with Gasteiger partial charge in [-0.25, -0.2) is 0 Å². The second-order valence-electron chi connectivity index (χ2n) is 5.06. The minimum absolute atomic E-state index is 0.274. The van der Waals surface area contributed by atoms with Gasteiger partial charge in [0.15, 0.2) is 11.5 Å². The van der Waals surface area contributed by atoms with E-state index in [1.165, 1.54) is 5.56 Å². The fraction of sp³-hybridized carbons (Fsp3) is 0.600. The monoisotopic (exact) mass is 249 g/mol. The van der Waals surface area contributed by atoms with E-state index in [1.54, 1.807) is 0 Å². The molecule has 0 radical (unpaired) electrons. The molecule has 0 amide bonds. The van der Waals surface area contributed by atoms with Gasteiger partial charge in [-0.05, 0) is 49.8 Å². The average molecular weight is 249 g/mol. The minimum Gasteiger partial charge on any atom is -0.486 e. The van der Waals surface area contributed by atoms with E-state index in [-0.39, 0.29) is 6.04 Å². The largest absolute Gasteiger partial charge is 0.486 e. The van der Waals surface area contributed by atoms with Gasteiger partial charge in [-0.15, -0.1) is 0 Å². The molecule has 0 saturated carbocycles. The van der Waals surface area contributed by atoms with E-state index in [1.807, 2.05) is 6.07 Å². The summed E-state index contributed by atoms with van der Waals surface area (Å²) in [5.41, 5.74) is 7.18. The zero-order valence-electron chi connectivity index (χ0n) is 11.3. The number of ether oxygens (including phenoxy) is 2. The number of rotatable bonds is 5. The van der Waals surface area contributed by atoms with E-state index in [9.17, 15) is 0 Å². The van der Waals surface area contributed by atoms with Crippen molar-refractivity contribution in [2.24, 2.45) is 5.73 Å². The molecule has 0 fully saturated rings. The molecule has 0 aromatic heterocycles. The molecule has 2 unspecified atom stereocenters. The molecule has 1 heterocycles. The molecule has 3 heteroatoms. The number of benzene rings is 1. The van der Waals surface area contributed by atoms with Gasteiger partial charge in [0.1, 0.15) is 13.2 Å². The van der Waals surface area contributed by atoms with Crippen molar-refractivity contribution < 1.29 is 9.47 Å². The highest BCUT2D eigenvalue weighted by Crippen LogP contribution is 2.35. The second-order valence-corrected chi connectivity index (χ2v) is 5.06. The van der Waals surface area contributed by atoms with E-state index in [2.05, 4.69) is 26.0 Å². The van der Waals surface area contributed by atoms with Crippen LogP contribution >= 0.6 is 0 Å². The van der Waals surface area contributed by atoms with Crippen LogP contribution in [0.25, 0.3) is 0 Å². The van der Waals surface area contributed by atoms with Crippen molar-refractivity contribution in [1.82, 2.24) is 0 Å². The fourth-order valence-corrected chi connectivity index (χ4v) is 2.38. The maximum atomic E-state index is 5.84. The van der Waals surface area contributed by atoms with Crippen molar-refractivity contribution in [3.05, 3.63) is 23.8 Å². The Balaban J connectivity index is 2.10. The lowest BCUT2D eigenvalue weighted by Gasteiger charge is -2.22. The Morgan fingerprint density at radius 1 is 1.17 bits per heavy atom. The fourth-order valence-electron chi connectivity index (χ4n) is 2.38. The van der Waals surface area contributed by atoms with Crippen LogP contribution < -0.4 is 15.2 Å². The Labute approximate surface area is 109 Å². The third-order valence-corrected chi connectivity index (χ3v) is 3.50. The van der Waals surface area contributed by atoms with Crippen LogP contribution in [0.15, 0.2) is 18.2 Å². The van der Waals surface area contributed by atoms with Gasteiger partial charge in [-0.1, -0.05) is 13.0 Å². The normalized spacial score (nSPS) is 17.3. The topological polar surface area (TPSA) is 44.5 Å². The first-order valence-electron chi connectivity index (χ1n) is 6.85. The van der Waals surface area contributed by atoms with E-state index < -0.39 is 0 Å². The van der Waals surface area contributed by atoms with Gasteiger partial charge in [0.25, 0.3) is 0 Å². The Morgan fingerprint density at radius 3 is 2.56 bits per heavy atom. The highest BCUT2D eigenvalue weighted by atomic mass is 16.6. The number of hydrogen-bond acceptors (Lipinski definition) is 3. The first-order chi connectivity index (χ1) is 8.70. The summed E-state index contributed by atoms with van der Waals surface area (Å²) in [5.74, 6) is 2.32. The minimum atomic E-state index is 0.274. The quantitative estimate of drug-likeness (QED) is 0.872. The van der Waals surface area contributed by atoms with Crippen LogP contribution in [0.5, 0.6) is 11.5 Å². The summed E-state index contributed by atoms with van der Waals surface area (Å²) in [6, 6.07) is 6.58. The van der Waals surface area contributed by atoms with Gasteiger partial charge < -0.3 is 15.2 Å². The summed E-state index contributed by atoms with van der Waals surface area (Å²) < 4.78 is 11.2. The predicted octanol–water partition coefficient (Wildman–Crippen LogP) is 3.08. The molecule has 1 aliphatic rings. The first-order valence-corrected chi connectivity index (χ1v) is 6.85. The van der Waals surface area contributed by atoms with Crippen LogP contribution in [0.4, 0.5) is 0 Å². The molecule has 3 nitrogen and oxygen atoms in total. The van der Waals surface area contributed by atoms with Gasteiger partial charge in [0, 0.05) is 6.04 Å². The molecule has 2 N–H and O–H groups in total. The van der Waals surface area contributed by atoms with Crippen molar-refractivity contribution in [3.63, 3.8) is 0 Å². The lowest BCUT2D eigenvalue weighted by Crippen LogP contribution is -2.17. The predicted molar refractivity (Wildman–Crippen MR) is 73.3 cm³/mol. The summed E-state index contributed by atoms with van der Waals surface area (Å²) >= 11 is 0. The van der Waals surface area contributed by atoms with Crippen LogP contribution in [0, 0.1) is 0 Å². The van der Waals surface area contributed by atoms with Crippen molar-refractivity contribution in [2.75, 3.05) is 13.2 Å². The van der Waals surface area contributed by atoms with Crippen LogP contribution in [0.1, 0.15) is 44.6 Å². The lowest BCUT2D eigenvalue weighted by molar-refractivity contribution is 0.171. The summed E-state index contributed by atoms with van der Waals surface area (Å²) in [6.45, 7) is 5.58. The van der Waals surface area contributed by atoms with Crippen molar-refractivity contribution in [2.45, 2.75) is 45.1 Å². The summed E-state index contributed by atoms with van der Waals surface area (Å²) in [4.78, 5) is 0. The van der Waals surface area contributed by atoms with Crippen molar-refractivity contribution >= 4 is 0 Å². The number of nitrogens with two attached hydrogens (primary N) is 1. The Bertz CT molecular complexity index is 390. The van der Waals surface area contributed by atoms with Crippen LogP contribution in [-0.4, -0.2) is 19.3 Å². The molecule has 0 spiro atoms. The molecule has 2 rings (SSSR count). The summed E-state index contributed by atoms with van der Waals surface area (Å²) in [6.07, 6.45) is 3.33. The van der Waals surface area contributed by atoms with E-state index in [0.29, 0.717) is 19.1 Å². The summed E-state index contributed by atoms with van der Waals surface area (Å²) in [5, 5.41) is 0. The average Bonchev–Trinajstić information content (AvgIpc) is 2.39. The molecular weight excluding hydrogens is 226 g/mol. The number of hydrogen-bond donors (Lipinski definition) is 1. The Hall–Kier alpha value is -1.22. The Morgan fingerprint density at radius 2 is 1.89 bits per heavy atom. The maximum Gasteiger partial charge on any atom is 0.161 e. The SMILES string of the molecule is CCC(CCC(C)N)c1ccc2c(c1)OCCO2. The maximum absolute atomic E-state index is 5.84. The van der Waals surface area contributed by atoms with Gasteiger partial charge >= 0.3 is 0 Å². The second kappa shape index (κ2) is 6.10. The standard InChI is InChI=1S/C15H23NO2/c1-3-12(5-4-11(2)16)13-6-7-14-15(10-13)18-9-8-17-14/h6-7,10-12H,3-5,8-9,16H2,1-2H3. The smallest absolute Gasteiger partial charge is 0.161 e. The molecule has 0 aliphatic carbocycles. The molecule has 2 atom stereocenters. The molecule has 0 bridgehead atoms. The first kappa shape index (κ1) is 13.2. The van der Waals surface area contributed by atoms with Gasteiger partial charge in [0.2, 0.25) is 0 Å². The molecule has 18 heavy (non-hydrogen) atoms. The molecule has 1 aliphatic heterocycles.